The lowest BCUT2D eigenvalue weighted by atomic mass is 9.99. The number of rotatable bonds is 2. The summed E-state index contributed by atoms with van der Waals surface area (Å²) in [5, 5.41) is 9.00. The zero-order chi connectivity index (χ0) is 29.4. The van der Waals surface area contributed by atoms with Crippen molar-refractivity contribution >= 4 is 65.2 Å². The highest BCUT2D eigenvalue weighted by Gasteiger charge is 2.18. The first-order valence-electron chi connectivity index (χ1n) is 14.6. The second-order valence-electron chi connectivity index (χ2n) is 11.2. The summed E-state index contributed by atoms with van der Waals surface area (Å²) in [4.78, 5) is 30.1. The van der Waals surface area contributed by atoms with E-state index in [0.717, 1.165) is 77.2 Å². The van der Waals surface area contributed by atoms with E-state index in [2.05, 4.69) is 84.9 Å². The highest BCUT2D eigenvalue weighted by molar-refractivity contribution is 6.24. The molecule has 206 valence electrons. The Morgan fingerprint density at radius 3 is 0.909 bits per heavy atom. The monoisotopic (exact) mass is 564 g/mol. The maximum absolute atomic E-state index is 5.15. The summed E-state index contributed by atoms with van der Waals surface area (Å²) in [7, 11) is 0. The molecule has 9 aromatic rings. The van der Waals surface area contributed by atoms with Crippen LogP contribution in [0.15, 0.2) is 109 Å². The summed E-state index contributed by atoms with van der Waals surface area (Å²) in [6.07, 6.45) is 3.54. The van der Waals surface area contributed by atoms with Gasteiger partial charge in [0.2, 0.25) is 0 Å². The molecule has 6 nitrogen and oxygen atoms in total. The van der Waals surface area contributed by atoms with Crippen LogP contribution in [0.1, 0.15) is 11.4 Å². The number of aryl methyl sites for hydroxylation is 2. The smallest absolute Gasteiger partial charge is 0.112 e. The average molecular weight is 565 g/mol. The van der Waals surface area contributed by atoms with Gasteiger partial charge < -0.3 is 0 Å². The third kappa shape index (κ3) is 3.54. The summed E-state index contributed by atoms with van der Waals surface area (Å²) >= 11 is 0. The molecular formula is C38H24N6. The quantitative estimate of drug-likeness (QED) is 0.195. The molecule has 0 amide bonds. The predicted octanol–water partition coefficient (Wildman–Crippen LogP) is 8.93. The standard InChI is InChI=1S/C38H24N6/c1-21-33(43-37-29-17-9-5-13-25(29)23-11-3-7-15-27(23)35(37)41-21)31-19-40-32(20-39-31)34-22(2)42-36-28-16-8-4-12-24(28)26-14-6-10-18-30(26)38(36)44-34/h3-20H,1-2H3. The first-order valence-corrected chi connectivity index (χ1v) is 14.6. The van der Waals surface area contributed by atoms with E-state index in [1.165, 1.54) is 10.8 Å². The summed E-state index contributed by atoms with van der Waals surface area (Å²) < 4.78 is 0. The van der Waals surface area contributed by atoms with Crippen molar-refractivity contribution in [2.75, 3.05) is 0 Å². The van der Waals surface area contributed by atoms with Crippen molar-refractivity contribution in [3.63, 3.8) is 0 Å². The van der Waals surface area contributed by atoms with E-state index in [4.69, 9.17) is 29.9 Å². The number of benzene rings is 6. The van der Waals surface area contributed by atoms with Gasteiger partial charge in [-0.2, -0.15) is 0 Å². The minimum absolute atomic E-state index is 0.667. The molecule has 0 spiro atoms. The van der Waals surface area contributed by atoms with Crippen LogP contribution in [-0.2, 0) is 0 Å². The van der Waals surface area contributed by atoms with Gasteiger partial charge >= 0.3 is 0 Å². The van der Waals surface area contributed by atoms with Gasteiger partial charge in [0.25, 0.3) is 0 Å². The lowest BCUT2D eigenvalue weighted by molar-refractivity contribution is 1.12. The molecule has 44 heavy (non-hydrogen) atoms. The normalized spacial score (nSPS) is 11.9. The van der Waals surface area contributed by atoms with Crippen molar-refractivity contribution in [3.05, 3.63) is 121 Å². The van der Waals surface area contributed by atoms with E-state index in [-0.39, 0.29) is 0 Å². The zero-order valence-corrected chi connectivity index (χ0v) is 24.1. The fraction of sp³-hybridized carbons (Fsp3) is 0.0526. The largest absolute Gasteiger partial charge is 0.251 e. The van der Waals surface area contributed by atoms with Crippen LogP contribution in [0.25, 0.3) is 87.9 Å². The zero-order valence-electron chi connectivity index (χ0n) is 24.1. The lowest BCUT2D eigenvalue weighted by Gasteiger charge is -2.13. The summed E-state index contributed by atoms with van der Waals surface area (Å²) in [6, 6.07) is 33.5. The Labute approximate surface area is 252 Å². The third-order valence-electron chi connectivity index (χ3n) is 8.59. The minimum atomic E-state index is 0.667. The van der Waals surface area contributed by atoms with Crippen molar-refractivity contribution in [3.8, 4) is 22.8 Å². The molecule has 0 N–H and O–H groups in total. The van der Waals surface area contributed by atoms with Gasteiger partial charge in [-0.05, 0) is 35.4 Å². The Balaban J connectivity index is 1.21. The number of aromatic nitrogens is 6. The first-order chi connectivity index (χ1) is 21.7. The van der Waals surface area contributed by atoms with E-state index >= 15 is 0 Å². The van der Waals surface area contributed by atoms with Gasteiger partial charge in [0, 0.05) is 21.5 Å². The van der Waals surface area contributed by atoms with E-state index in [1.54, 1.807) is 12.4 Å². The van der Waals surface area contributed by atoms with Gasteiger partial charge in [0.15, 0.2) is 0 Å². The van der Waals surface area contributed by atoms with E-state index in [0.29, 0.717) is 11.4 Å². The molecule has 0 bridgehead atoms. The number of hydrogen-bond donors (Lipinski definition) is 0. The molecule has 0 aliphatic carbocycles. The molecule has 0 atom stereocenters. The molecular weight excluding hydrogens is 540 g/mol. The Morgan fingerprint density at radius 2 is 0.614 bits per heavy atom. The number of hydrogen-bond acceptors (Lipinski definition) is 6. The lowest BCUT2D eigenvalue weighted by Crippen LogP contribution is -2.01. The van der Waals surface area contributed by atoms with Crippen LogP contribution in [-0.4, -0.2) is 29.9 Å². The van der Waals surface area contributed by atoms with Crippen molar-refractivity contribution in [2.45, 2.75) is 13.8 Å². The minimum Gasteiger partial charge on any atom is -0.251 e. The topological polar surface area (TPSA) is 77.3 Å². The highest BCUT2D eigenvalue weighted by atomic mass is 14.9. The fourth-order valence-corrected chi connectivity index (χ4v) is 6.55. The Hall–Kier alpha value is -5.88. The Morgan fingerprint density at radius 1 is 0.341 bits per heavy atom. The van der Waals surface area contributed by atoms with Crippen LogP contribution in [0.2, 0.25) is 0 Å². The molecule has 0 aliphatic heterocycles. The van der Waals surface area contributed by atoms with Gasteiger partial charge in [0.1, 0.15) is 22.8 Å². The molecule has 6 heteroatoms. The van der Waals surface area contributed by atoms with Crippen LogP contribution < -0.4 is 0 Å². The van der Waals surface area contributed by atoms with Gasteiger partial charge in [-0.25, -0.2) is 19.9 Å². The number of nitrogens with zero attached hydrogens (tertiary/aromatic N) is 6. The molecule has 0 fully saturated rings. The molecule has 9 rings (SSSR count). The van der Waals surface area contributed by atoms with E-state index < -0.39 is 0 Å². The van der Waals surface area contributed by atoms with Gasteiger partial charge in [-0.1, -0.05) is 97.1 Å². The van der Waals surface area contributed by atoms with Gasteiger partial charge in [0.05, 0.1) is 45.8 Å². The predicted molar refractivity (Wildman–Crippen MR) is 179 cm³/mol. The molecule has 0 radical (unpaired) electrons. The van der Waals surface area contributed by atoms with Crippen molar-refractivity contribution in [1.29, 1.82) is 0 Å². The summed E-state index contributed by atoms with van der Waals surface area (Å²) in [6.45, 7) is 3.96. The van der Waals surface area contributed by atoms with Crippen molar-refractivity contribution in [2.24, 2.45) is 0 Å². The molecule has 0 saturated heterocycles. The molecule has 3 aromatic heterocycles. The maximum Gasteiger partial charge on any atom is 0.112 e. The summed E-state index contributed by atoms with van der Waals surface area (Å²) in [5.74, 6) is 0. The van der Waals surface area contributed by atoms with Crippen LogP contribution in [0.4, 0.5) is 0 Å². The van der Waals surface area contributed by atoms with Crippen LogP contribution in [0, 0.1) is 13.8 Å². The molecule has 6 aromatic carbocycles. The highest BCUT2D eigenvalue weighted by Crippen LogP contribution is 2.36. The molecule has 3 heterocycles. The van der Waals surface area contributed by atoms with Crippen LogP contribution in [0.5, 0.6) is 0 Å². The van der Waals surface area contributed by atoms with Gasteiger partial charge in [-0.15, -0.1) is 0 Å². The third-order valence-corrected chi connectivity index (χ3v) is 8.59. The second-order valence-corrected chi connectivity index (χ2v) is 11.2. The van der Waals surface area contributed by atoms with Gasteiger partial charge in [-0.3, -0.25) is 9.97 Å². The van der Waals surface area contributed by atoms with Crippen molar-refractivity contribution in [1.82, 2.24) is 29.9 Å². The summed E-state index contributed by atoms with van der Waals surface area (Å²) in [5.41, 5.74) is 7.90. The fourth-order valence-electron chi connectivity index (χ4n) is 6.55. The number of fused-ring (bicyclic) bond motifs is 12. The Kier molecular flexibility index (Phi) is 5.23. The van der Waals surface area contributed by atoms with Crippen LogP contribution >= 0.6 is 0 Å². The average Bonchev–Trinajstić information content (AvgIpc) is 3.08. The van der Waals surface area contributed by atoms with E-state index in [1.807, 2.05) is 26.0 Å². The van der Waals surface area contributed by atoms with Crippen molar-refractivity contribution < 1.29 is 0 Å². The molecule has 0 unspecified atom stereocenters. The van der Waals surface area contributed by atoms with E-state index in [9.17, 15) is 0 Å². The Bertz CT molecular complexity index is 2440. The SMILES string of the molecule is Cc1nc2c3ccccc3c3ccccc3c2nc1-c1cnc(-c2nc3c4ccccc4c4ccccc4c3nc2C)cn1. The first kappa shape index (κ1) is 24.7. The molecule has 0 saturated carbocycles. The maximum atomic E-state index is 5.15. The van der Waals surface area contributed by atoms with Crippen LogP contribution in [0.3, 0.4) is 0 Å². The second kappa shape index (κ2) is 9.31. The molecule has 0 aliphatic rings.